The van der Waals surface area contributed by atoms with Crippen LogP contribution in [-0.2, 0) is 9.53 Å². The van der Waals surface area contributed by atoms with Gasteiger partial charge in [-0.05, 0) is 25.3 Å². The summed E-state index contributed by atoms with van der Waals surface area (Å²) in [6.07, 6.45) is 1.87. The fourth-order valence-corrected chi connectivity index (χ4v) is 1.76. The number of rotatable bonds is 6. The molecule has 18 heavy (non-hydrogen) atoms. The Morgan fingerprint density at radius 3 is 2.83 bits per heavy atom. The second kappa shape index (κ2) is 6.85. The molecule has 1 aromatic rings. The number of anilines is 1. The van der Waals surface area contributed by atoms with Crippen LogP contribution in [0, 0.1) is 10.1 Å². The highest BCUT2D eigenvalue weighted by molar-refractivity contribution is 7.98. The number of esters is 1. The fraction of sp³-hybridized carbons (Fsp3) is 0.364. The molecule has 1 N–H and O–H groups in total. The third kappa shape index (κ3) is 3.92. The van der Waals surface area contributed by atoms with Crippen LogP contribution in [0.25, 0.3) is 0 Å². The molecule has 0 saturated carbocycles. The van der Waals surface area contributed by atoms with E-state index in [4.69, 9.17) is 4.74 Å². The van der Waals surface area contributed by atoms with Crippen molar-refractivity contribution in [2.45, 2.75) is 11.8 Å². The lowest BCUT2D eigenvalue weighted by Crippen LogP contribution is -2.17. The highest BCUT2D eigenvalue weighted by Crippen LogP contribution is 2.28. The number of nitro benzene ring substituents is 1. The summed E-state index contributed by atoms with van der Waals surface area (Å²) in [7, 11) is 0. The molecule has 0 unspecified atom stereocenters. The van der Waals surface area contributed by atoms with Crippen molar-refractivity contribution in [3.63, 3.8) is 0 Å². The van der Waals surface area contributed by atoms with Crippen LogP contribution in [0.15, 0.2) is 23.1 Å². The Kier molecular flexibility index (Phi) is 5.44. The van der Waals surface area contributed by atoms with Crippen molar-refractivity contribution in [2.24, 2.45) is 0 Å². The summed E-state index contributed by atoms with van der Waals surface area (Å²) in [4.78, 5) is 22.4. The molecule has 0 aliphatic rings. The lowest BCUT2D eigenvalue weighted by Gasteiger charge is -2.08. The van der Waals surface area contributed by atoms with Crippen LogP contribution < -0.4 is 5.32 Å². The van der Waals surface area contributed by atoms with E-state index in [9.17, 15) is 14.9 Å². The van der Waals surface area contributed by atoms with Gasteiger partial charge in [-0.25, -0.2) is 0 Å². The van der Waals surface area contributed by atoms with Crippen molar-refractivity contribution >= 4 is 29.1 Å². The van der Waals surface area contributed by atoms with E-state index in [1.807, 2.05) is 6.26 Å². The van der Waals surface area contributed by atoms with E-state index in [2.05, 4.69) is 5.32 Å². The predicted molar refractivity (Wildman–Crippen MR) is 70.0 cm³/mol. The smallest absolute Gasteiger partial charge is 0.325 e. The van der Waals surface area contributed by atoms with Gasteiger partial charge in [0.25, 0.3) is 5.69 Å². The third-order valence-corrected chi connectivity index (χ3v) is 2.85. The molecule has 1 aromatic carbocycles. The molecule has 7 heteroatoms. The van der Waals surface area contributed by atoms with Gasteiger partial charge < -0.3 is 10.1 Å². The first-order valence-corrected chi connectivity index (χ1v) is 6.53. The van der Waals surface area contributed by atoms with Crippen molar-refractivity contribution in [2.75, 3.05) is 24.7 Å². The van der Waals surface area contributed by atoms with Crippen LogP contribution in [0.5, 0.6) is 0 Å². The monoisotopic (exact) mass is 270 g/mol. The van der Waals surface area contributed by atoms with Gasteiger partial charge >= 0.3 is 5.97 Å². The molecule has 0 heterocycles. The van der Waals surface area contributed by atoms with Crippen LogP contribution in [-0.4, -0.2) is 30.3 Å². The number of hydrogen-bond acceptors (Lipinski definition) is 6. The molecule has 0 fully saturated rings. The maximum atomic E-state index is 11.2. The van der Waals surface area contributed by atoms with Gasteiger partial charge in [0.1, 0.15) is 12.2 Å². The molecule has 1 rings (SSSR count). The predicted octanol–water partition coefficient (Wildman–Crippen LogP) is 2.29. The highest BCUT2D eigenvalue weighted by atomic mass is 32.2. The fourth-order valence-electron chi connectivity index (χ4n) is 1.32. The zero-order chi connectivity index (χ0) is 13.5. The van der Waals surface area contributed by atoms with Crippen LogP contribution in [0.3, 0.4) is 0 Å². The van der Waals surface area contributed by atoms with Crippen molar-refractivity contribution in [1.29, 1.82) is 0 Å². The molecule has 0 radical (unpaired) electrons. The lowest BCUT2D eigenvalue weighted by atomic mass is 10.2. The van der Waals surface area contributed by atoms with Gasteiger partial charge in [-0.15, -0.1) is 11.8 Å². The summed E-state index contributed by atoms with van der Waals surface area (Å²) in [5.41, 5.74) is 0.261. The largest absolute Gasteiger partial charge is 0.465 e. The summed E-state index contributed by atoms with van der Waals surface area (Å²) >= 11 is 1.47. The molecular formula is C11H14N2O4S. The van der Waals surface area contributed by atoms with E-state index in [1.165, 1.54) is 17.8 Å². The first kappa shape index (κ1) is 14.3. The van der Waals surface area contributed by atoms with Crippen LogP contribution in [0.1, 0.15) is 6.92 Å². The van der Waals surface area contributed by atoms with Crippen LogP contribution in [0.4, 0.5) is 11.4 Å². The number of carbonyl (C=O) groups is 1. The Balaban J connectivity index is 2.84. The standard InChI is InChI=1S/C11H14N2O4S/c1-3-17-11(14)7-12-9-6-8(18-2)4-5-10(9)13(15)16/h4-6,12H,3,7H2,1-2H3. The topological polar surface area (TPSA) is 81.5 Å². The second-order valence-electron chi connectivity index (χ2n) is 3.30. The molecule has 0 saturated heterocycles. The Hall–Kier alpha value is -1.76. The van der Waals surface area contributed by atoms with Gasteiger partial charge in [0.2, 0.25) is 0 Å². The SMILES string of the molecule is CCOC(=O)CNc1cc(SC)ccc1[N+](=O)[O-]. The van der Waals surface area contributed by atoms with E-state index < -0.39 is 10.9 Å². The maximum absolute atomic E-state index is 11.2. The van der Waals surface area contributed by atoms with E-state index in [1.54, 1.807) is 19.1 Å². The maximum Gasteiger partial charge on any atom is 0.325 e. The molecule has 0 aliphatic heterocycles. The lowest BCUT2D eigenvalue weighted by molar-refractivity contribution is -0.384. The summed E-state index contributed by atoms with van der Waals surface area (Å²) < 4.78 is 4.74. The molecule has 0 bridgehead atoms. The number of carbonyl (C=O) groups excluding carboxylic acids is 1. The number of nitro groups is 1. The van der Waals surface area contributed by atoms with Crippen molar-refractivity contribution in [3.05, 3.63) is 28.3 Å². The normalized spacial score (nSPS) is 9.89. The highest BCUT2D eigenvalue weighted by Gasteiger charge is 2.15. The van der Waals surface area contributed by atoms with Crippen LogP contribution in [0.2, 0.25) is 0 Å². The first-order chi connectivity index (χ1) is 8.58. The van der Waals surface area contributed by atoms with Gasteiger partial charge in [0.05, 0.1) is 11.5 Å². The average Bonchev–Trinajstić information content (AvgIpc) is 2.36. The summed E-state index contributed by atoms with van der Waals surface area (Å²) in [6, 6.07) is 4.72. The van der Waals surface area contributed by atoms with E-state index in [0.717, 1.165) is 4.90 Å². The van der Waals surface area contributed by atoms with E-state index in [-0.39, 0.29) is 18.8 Å². The number of ether oxygens (including phenoxy) is 1. The summed E-state index contributed by atoms with van der Waals surface area (Å²) in [5, 5.41) is 13.6. The Bertz CT molecular complexity index is 451. The van der Waals surface area contributed by atoms with Gasteiger partial charge in [0, 0.05) is 11.0 Å². The number of nitrogens with zero attached hydrogens (tertiary/aromatic N) is 1. The van der Waals surface area contributed by atoms with Crippen molar-refractivity contribution in [1.82, 2.24) is 0 Å². The van der Waals surface area contributed by atoms with Gasteiger partial charge in [0.15, 0.2) is 0 Å². The Morgan fingerprint density at radius 1 is 1.56 bits per heavy atom. The van der Waals surface area contributed by atoms with E-state index in [0.29, 0.717) is 5.69 Å². The number of nitrogens with one attached hydrogen (secondary N) is 1. The molecule has 0 amide bonds. The van der Waals surface area contributed by atoms with Crippen molar-refractivity contribution < 1.29 is 14.5 Å². The Labute approximate surface area is 109 Å². The molecule has 0 spiro atoms. The number of benzene rings is 1. The molecular weight excluding hydrogens is 256 g/mol. The van der Waals surface area contributed by atoms with Gasteiger partial charge in [-0.1, -0.05) is 0 Å². The minimum absolute atomic E-state index is 0.0582. The Morgan fingerprint density at radius 2 is 2.28 bits per heavy atom. The van der Waals surface area contributed by atoms with Crippen molar-refractivity contribution in [3.8, 4) is 0 Å². The van der Waals surface area contributed by atoms with Crippen LogP contribution >= 0.6 is 11.8 Å². The molecule has 6 nitrogen and oxygen atoms in total. The summed E-state index contributed by atoms with van der Waals surface area (Å²) in [6.45, 7) is 1.90. The minimum atomic E-state index is -0.488. The second-order valence-corrected chi connectivity index (χ2v) is 4.18. The average molecular weight is 270 g/mol. The summed E-state index contributed by atoms with van der Waals surface area (Å²) in [5.74, 6) is -0.443. The molecule has 0 aliphatic carbocycles. The number of thioether (sulfide) groups is 1. The molecule has 0 atom stereocenters. The quantitative estimate of drug-likeness (QED) is 0.369. The number of hydrogen-bond donors (Lipinski definition) is 1. The minimum Gasteiger partial charge on any atom is -0.465 e. The first-order valence-electron chi connectivity index (χ1n) is 5.30. The van der Waals surface area contributed by atoms with E-state index >= 15 is 0 Å². The third-order valence-electron chi connectivity index (χ3n) is 2.13. The molecule has 0 aromatic heterocycles. The van der Waals surface area contributed by atoms with Gasteiger partial charge in [-0.2, -0.15) is 0 Å². The van der Waals surface area contributed by atoms with Gasteiger partial charge in [-0.3, -0.25) is 14.9 Å². The zero-order valence-corrected chi connectivity index (χ0v) is 11.0. The molecule has 98 valence electrons. The zero-order valence-electron chi connectivity index (χ0n) is 10.1.